The monoisotopic (exact) mass is 744 g/mol. The van der Waals surface area contributed by atoms with Crippen LogP contribution in [0.1, 0.15) is 52.7 Å². The molecule has 6 rings (SSSR count). The summed E-state index contributed by atoms with van der Waals surface area (Å²) >= 11 is 0. The Morgan fingerprint density at radius 1 is 0.887 bits per heavy atom. The third-order valence-electron chi connectivity index (χ3n) is 10.2. The van der Waals surface area contributed by atoms with Crippen LogP contribution in [0.2, 0.25) is 0 Å². The van der Waals surface area contributed by atoms with Crippen LogP contribution in [0, 0.1) is 5.41 Å². The van der Waals surface area contributed by atoms with Gasteiger partial charge in [-0.3, -0.25) is 14.2 Å². The van der Waals surface area contributed by atoms with Gasteiger partial charge in [-0.25, -0.2) is 9.59 Å². The molecule has 1 aliphatic heterocycles. The number of carbonyl (C=O) groups excluding carboxylic acids is 3. The molecular weight excluding hydrogens is 699 g/mol. The third-order valence-corrected chi connectivity index (χ3v) is 12.5. The van der Waals surface area contributed by atoms with Gasteiger partial charge in [0.25, 0.3) is 5.91 Å². The molecule has 1 unspecified atom stereocenters. The highest BCUT2D eigenvalue weighted by atomic mass is 31.2. The topological polar surface area (TPSA) is 187 Å². The molecule has 1 saturated carbocycles. The van der Waals surface area contributed by atoms with Crippen molar-refractivity contribution in [2.75, 3.05) is 32.5 Å². The molecule has 3 atom stereocenters. The molecule has 1 aliphatic carbocycles. The van der Waals surface area contributed by atoms with Gasteiger partial charge in [0, 0.05) is 54.8 Å². The molecule has 3 aromatic carbocycles. The second-order valence-electron chi connectivity index (χ2n) is 13.9. The smallest absolute Gasteiger partial charge is 0.408 e. The van der Waals surface area contributed by atoms with Gasteiger partial charge in [-0.15, -0.1) is 0 Å². The Morgan fingerprint density at radius 2 is 1.57 bits per heavy atom. The SMILES string of the molecule is O=C(N[C@@H](Cc1ccc(C(=O)N2CCOCC2)cc1)P(=O)(O)CC1(C(=O)N[C@@H](Cc2c[nH]c3ccccc23)C(=O)O)CCCC1)OCc1ccccc1. The van der Waals surface area contributed by atoms with Crippen molar-refractivity contribution in [1.82, 2.24) is 20.5 Å². The Labute approximate surface area is 307 Å². The molecule has 53 heavy (non-hydrogen) atoms. The molecule has 1 saturated heterocycles. The van der Waals surface area contributed by atoms with Crippen molar-refractivity contribution >= 4 is 42.1 Å². The van der Waals surface area contributed by atoms with Crippen LogP contribution >= 0.6 is 7.37 Å². The van der Waals surface area contributed by atoms with Crippen LogP contribution < -0.4 is 10.6 Å². The average molecular weight is 745 g/mol. The van der Waals surface area contributed by atoms with Gasteiger partial charge in [-0.05, 0) is 47.7 Å². The van der Waals surface area contributed by atoms with E-state index in [1.165, 1.54) is 0 Å². The van der Waals surface area contributed by atoms with Crippen molar-refractivity contribution in [3.63, 3.8) is 0 Å². The van der Waals surface area contributed by atoms with Crippen molar-refractivity contribution in [2.24, 2.45) is 5.41 Å². The third kappa shape index (κ3) is 9.34. The molecule has 14 heteroatoms. The lowest BCUT2D eigenvalue weighted by Crippen LogP contribution is -2.50. The van der Waals surface area contributed by atoms with E-state index in [-0.39, 0.29) is 38.2 Å². The van der Waals surface area contributed by atoms with Crippen LogP contribution in [0.25, 0.3) is 10.9 Å². The van der Waals surface area contributed by atoms with E-state index in [1.54, 1.807) is 59.6 Å². The zero-order valence-electron chi connectivity index (χ0n) is 29.4. The average Bonchev–Trinajstić information content (AvgIpc) is 3.82. The fourth-order valence-electron chi connectivity index (χ4n) is 7.24. The fourth-order valence-corrected chi connectivity index (χ4v) is 9.59. The van der Waals surface area contributed by atoms with Crippen molar-refractivity contribution in [3.05, 3.63) is 107 Å². The number of alkyl carbamates (subject to hydrolysis) is 1. The Kier molecular flexibility index (Phi) is 12.0. The summed E-state index contributed by atoms with van der Waals surface area (Å²) in [5, 5.41) is 16.3. The van der Waals surface area contributed by atoms with Gasteiger partial charge >= 0.3 is 12.1 Å². The van der Waals surface area contributed by atoms with Crippen molar-refractivity contribution in [3.8, 4) is 0 Å². The number of aromatic nitrogens is 1. The molecule has 0 spiro atoms. The number of carbonyl (C=O) groups is 4. The minimum atomic E-state index is -4.41. The zero-order chi connectivity index (χ0) is 37.4. The van der Waals surface area contributed by atoms with E-state index in [2.05, 4.69) is 15.6 Å². The van der Waals surface area contributed by atoms with Gasteiger partial charge in [-0.1, -0.05) is 73.5 Å². The highest BCUT2D eigenvalue weighted by molar-refractivity contribution is 7.58. The Hall–Kier alpha value is -4.97. The quantitative estimate of drug-likeness (QED) is 0.110. The first-order valence-electron chi connectivity index (χ1n) is 17.9. The van der Waals surface area contributed by atoms with E-state index >= 15 is 0 Å². The van der Waals surface area contributed by atoms with Gasteiger partial charge in [-0.2, -0.15) is 0 Å². The van der Waals surface area contributed by atoms with E-state index in [1.807, 2.05) is 30.3 Å². The maximum atomic E-state index is 14.5. The summed E-state index contributed by atoms with van der Waals surface area (Å²) in [5.74, 6) is -3.32. The van der Waals surface area contributed by atoms with E-state index in [4.69, 9.17) is 9.47 Å². The summed E-state index contributed by atoms with van der Waals surface area (Å²) in [6.07, 6.45) is 2.07. The summed E-state index contributed by atoms with van der Waals surface area (Å²) in [4.78, 5) is 69.3. The number of nitrogens with zero attached hydrogens (tertiary/aromatic N) is 1. The minimum Gasteiger partial charge on any atom is -0.480 e. The first kappa shape index (κ1) is 37.8. The Balaban J connectivity index is 1.20. The molecule has 2 fully saturated rings. The molecule has 280 valence electrons. The number of hydrogen-bond acceptors (Lipinski definition) is 7. The van der Waals surface area contributed by atoms with Gasteiger partial charge in [0.05, 0.1) is 18.6 Å². The van der Waals surface area contributed by atoms with Crippen LogP contribution in [-0.2, 0) is 43.1 Å². The molecule has 2 aliphatic rings. The summed E-state index contributed by atoms with van der Waals surface area (Å²) in [7, 11) is -4.41. The van der Waals surface area contributed by atoms with Crippen molar-refractivity contribution in [2.45, 2.75) is 57.0 Å². The highest BCUT2D eigenvalue weighted by Crippen LogP contribution is 2.55. The summed E-state index contributed by atoms with van der Waals surface area (Å²) in [6, 6.07) is 21.8. The van der Waals surface area contributed by atoms with E-state index in [0.717, 1.165) is 22.0 Å². The molecule has 0 radical (unpaired) electrons. The number of carboxylic acids is 1. The number of nitrogens with one attached hydrogen (secondary N) is 3. The van der Waals surface area contributed by atoms with Gasteiger partial charge < -0.3 is 40.0 Å². The minimum absolute atomic E-state index is 0.0133. The number of para-hydroxylation sites is 1. The number of aromatic amines is 1. The van der Waals surface area contributed by atoms with Crippen LogP contribution in [0.4, 0.5) is 4.79 Å². The van der Waals surface area contributed by atoms with Crippen LogP contribution in [-0.4, -0.2) is 88.1 Å². The lowest BCUT2D eigenvalue weighted by Gasteiger charge is -2.34. The molecule has 0 bridgehead atoms. The number of aliphatic carboxylic acids is 1. The van der Waals surface area contributed by atoms with E-state index in [9.17, 15) is 33.7 Å². The number of H-pyrrole nitrogens is 1. The predicted octanol–water partition coefficient (Wildman–Crippen LogP) is 5.08. The second kappa shape index (κ2) is 16.8. The molecular formula is C39H45N4O9P. The number of hydrogen-bond donors (Lipinski definition) is 5. The van der Waals surface area contributed by atoms with Crippen molar-refractivity contribution in [1.29, 1.82) is 0 Å². The molecule has 4 aromatic rings. The standard InChI is InChI=1S/C39H45N4O9P/c44-35(43-18-20-51-21-19-43)29-14-12-27(13-15-29)22-34(42-38(48)52-25-28-8-2-1-3-9-28)53(49,50)26-39(16-6-7-17-39)37(47)41-33(36(45)46)23-30-24-40-32-11-5-4-10-31(30)32/h1-5,8-15,24,33-34,40H,6-7,16-23,25-26H2,(H,41,47)(H,42,48)(H,45,46)(H,49,50)/t33-,34+/m0/s1. The van der Waals surface area contributed by atoms with E-state index in [0.29, 0.717) is 50.3 Å². The number of morpholine rings is 1. The first-order valence-corrected chi connectivity index (χ1v) is 19.8. The fraction of sp³-hybridized carbons (Fsp3) is 0.385. The van der Waals surface area contributed by atoms with Gasteiger partial charge in [0.2, 0.25) is 13.3 Å². The van der Waals surface area contributed by atoms with Crippen LogP contribution in [0.15, 0.2) is 85.1 Å². The number of ether oxygens (including phenoxy) is 2. The normalized spacial score (nSPS) is 17.7. The summed E-state index contributed by atoms with van der Waals surface area (Å²) in [5.41, 5.74) is 2.00. The van der Waals surface area contributed by atoms with Crippen molar-refractivity contribution < 1.29 is 43.2 Å². The Bertz CT molecular complexity index is 1950. The number of fused-ring (bicyclic) bond motifs is 1. The number of carboxylic acid groups (broad SMARTS) is 1. The second-order valence-corrected chi connectivity index (χ2v) is 16.3. The van der Waals surface area contributed by atoms with Gasteiger partial charge in [0.1, 0.15) is 18.4 Å². The van der Waals surface area contributed by atoms with Gasteiger partial charge in [0.15, 0.2) is 0 Å². The molecule has 3 amide bonds. The summed E-state index contributed by atoms with van der Waals surface area (Å²) < 4.78 is 25.3. The maximum Gasteiger partial charge on any atom is 0.408 e. The number of rotatable bonds is 14. The first-order chi connectivity index (χ1) is 25.5. The molecule has 13 nitrogen and oxygen atoms in total. The number of amides is 3. The molecule has 1 aromatic heterocycles. The lowest BCUT2D eigenvalue weighted by molar-refractivity contribution is -0.143. The molecule has 2 heterocycles. The molecule has 5 N–H and O–H groups in total. The van der Waals surface area contributed by atoms with Crippen LogP contribution in [0.3, 0.4) is 0 Å². The van der Waals surface area contributed by atoms with E-state index < -0.39 is 48.7 Å². The highest BCUT2D eigenvalue weighted by Gasteiger charge is 2.49. The zero-order valence-corrected chi connectivity index (χ0v) is 30.3. The maximum absolute atomic E-state index is 14.5. The Morgan fingerprint density at radius 3 is 2.26 bits per heavy atom. The predicted molar refractivity (Wildman–Crippen MR) is 198 cm³/mol. The largest absolute Gasteiger partial charge is 0.480 e. The lowest BCUT2D eigenvalue weighted by atomic mass is 9.87. The summed E-state index contributed by atoms with van der Waals surface area (Å²) in [6.45, 7) is 1.83. The van der Waals surface area contributed by atoms with Crippen LogP contribution in [0.5, 0.6) is 0 Å². The number of benzene rings is 3.